The van der Waals surface area contributed by atoms with Crippen LogP contribution in [0.3, 0.4) is 0 Å². The highest BCUT2D eigenvalue weighted by atomic mass is 16.1. The molecule has 0 saturated heterocycles. The molecular formula is C21H25N5O. The first-order chi connectivity index (χ1) is 12.9. The zero-order valence-corrected chi connectivity index (χ0v) is 16.2. The highest BCUT2D eigenvalue weighted by Gasteiger charge is 2.12. The lowest BCUT2D eigenvalue weighted by Gasteiger charge is -2.13. The minimum Gasteiger partial charge on any atom is -0.349 e. The number of aromatic amines is 1. The van der Waals surface area contributed by atoms with Crippen molar-refractivity contribution >= 4 is 5.91 Å². The Hall–Kier alpha value is -3.02. The van der Waals surface area contributed by atoms with Gasteiger partial charge < -0.3 is 5.32 Å². The van der Waals surface area contributed by atoms with Gasteiger partial charge in [0.15, 0.2) is 0 Å². The quantitative estimate of drug-likeness (QED) is 0.700. The number of hydrogen-bond acceptors (Lipinski definition) is 4. The van der Waals surface area contributed by atoms with Crippen molar-refractivity contribution in [2.75, 3.05) is 0 Å². The molecule has 0 aliphatic carbocycles. The van der Waals surface area contributed by atoms with Crippen LogP contribution in [-0.4, -0.2) is 32.3 Å². The third-order valence-corrected chi connectivity index (χ3v) is 4.37. The average Bonchev–Trinajstić information content (AvgIpc) is 3.06. The second-order valence-electron chi connectivity index (χ2n) is 7.20. The summed E-state index contributed by atoms with van der Waals surface area (Å²) in [4.78, 5) is 12.5. The van der Waals surface area contributed by atoms with Crippen LogP contribution >= 0.6 is 0 Å². The third kappa shape index (κ3) is 4.78. The molecule has 2 heterocycles. The van der Waals surface area contributed by atoms with Gasteiger partial charge in [0.25, 0.3) is 5.91 Å². The Bertz CT molecular complexity index is 897. The number of carbonyl (C=O) groups excluding carboxylic acids is 1. The summed E-state index contributed by atoms with van der Waals surface area (Å²) in [5.74, 6) is 0.257. The molecule has 3 aromatic rings. The van der Waals surface area contributed by atoms with Crippen molar-refractivity contribution in [1.29, 1.82) is 0 Å². The van der Waals surface area contributed by atoms with Crippen LogP contribution < -0.4 is 5.32 Å². The van der Waals surface area contributed by atoms with Crippen molar-refractivity contribution in [3.8, 4) is 11.3 Å². The largest absolute Gasteiger partial charge is 0.349 e. The molecule has 3 rings (SSSR count). The Kier molecular flexibility index (Phi) is 5.64. The minimum absolute atomic E-state index is 0.00526. The van der Waals surface area contributed by atoms with Gasteiger partial charge in [-0.25, -0.2) is 0 Å². The lowest BCUT2D eigenvalue weighted by atomic mass is 10.1. The fraction of sp³-hybridized carbons (Fsp3) is 0.333. The van der Waals surface area contributed by atoms with Crippen LogP contribution in [0.25, 0.3) is 11.3 Å². The maximum atomic E-state index is 12.5. The summed E-state index contributed by atoms with van der Waals surface area (Å²) in [6.45, 7) is 8.11. The fourth-order valence-corrected chi connectivity index (χ4v) is 2.85. The summed E-state index contributed by atoms with van der Waals surface area (Å²) >= 11 is 0. The van der Waals surface area contributed by atoms with E-state index >= 15 is 0 Å². The van der Waals surface area contributed by atoms with E-state index in [0.29, 0.717) is 17.9 Å². The molecule has 1 aromatic carbocycles. The Morgan fingerprint density at radius 1 is 1.07 bits per heavy atom. The molecule has 27 heavy (non-hydrogen) atoms. The molecule has 6 heteroatoms. The first kappa shape index (κ1) is 18.8. The second kappa shape index (κ2) is 8.12. The van der Waals surface area contributed by atoms with E-state index < -0.39 is 0 Å². The summed E-state index contributed by atoms with van der Waals surface area (Å²) in [5, 5.41) is 18.7. The van der Waals surface area contributed by atoms with Gasteiger partial charge >= 0.3 is 0 Å². The number of benzene rings is 1. The molecule has 2 aromatic heterocycles. The molecule has 6 nitrogen and oxygen atoms in total. The number of aromatic nitrogens is 4. The van der Waals surface area contributed by atoms with Gasteiger partial charge in [-0.1, -0.05) is 26.0 Å². The van der Waals surface area contributed by atoms with Gasteiger partial charge in [0.2, 0.25) is 0 Å². The van der Waals surface area contributed by atoms with Crippen molar-refractivity contribution in [1.82, 2.24) is 25.7 Å². The maximum Gasteiger partial charge on any atom is 0.251 e. The summed E-state index contributed by atoms with van der Waals surface area (Å²) in [5.41, 5.74) is 5.29. The molecular weight excluding hydrogens is 338 g/mol. The highest BCUT2D eigenvalue weighted by Crippen LogP contribution is 2.19. The number of carbonyl (C=O) groups is 1. The number of nitrogens with one attached hydrogen (secondary N) is 2. The molecule has 1 atom stereocenters. The van der Waals surface area contributed by atoms with Crippen LogP contribution in [-0.2, 0) is 6.42 Å². The molecule has 0 aliphatic rings. The van der Waals surface area contributed by atoms with Gasteiger partial charge in [0.1, 0.15) is 0 Å². The molecule has 0 radical (unpaired) electrons. The van der Waals surface area contributed by atoms with E-state index in [1.165, 1.54) is 0 Å². The zero-order valence-electron chi connectivity index (χ0n) is 16.2. The van der Waals surface area contributed by atoms with Crippen molar-refractivity contribution in [2.45, 2.75) is 46.1 Å². The Labute approximate surface area is 159 Å². The molecule has 0 saturated carbocycles. The van der Waals surface area contributed by atoms with Gasteiger partial charge in [-0.05, 0) is 50.1 Å². The van der Waals surface area contributed by atoms with Crippen molar-refractivity contribution < 1.29 is 4.79 Å². The van der Waals surface area contributed by atoms with Crippen LogP contribution in [0.2, 0.25) is 0 Å². The molecule has 0 unspecified atom stereocenters. The zero-order chi connectivity index (χ0) is 19.4. The number of rotatable bonds is 6. The van der Waals surface area contributed by atoms with Gasteiger partial charge in [0.05, 0.1) is 17.1 Å². The third-order valence-electron chi connectivity index (χ3n) is 4.37. The number of hydrogen-bond donors (Lipinski definition) is 2. The summed E-state index contributed by atoms with van der Waals surface area (Å²) in [7, 11) is 0. The van der Waals surface area contributed by atoms with E-state index in [2.05, 4.69) is 39.6 Å². The van der Waals surface area contributed by atoms with E-state index in [4.69, 9.17) is 0 Å². The van der Waals surface area contributed by atoms with E-state index in [-0.39, 0.29) is 11.9 Å². The summed E-state index contributed by atoms with van der Waals surface area (Å²) < 4.78 is 0. The molecule has 0 spiro atoms. The fourth-order valence-electron chi connectivity index (χ4n) is 2.85. The highest BCUT2D eigenvalue weighted by molar-refractivity contribution is 5.94. The number of H-pyrrole nitrogens is 1. The van der Waals surface area contributed by atoms with Gasteiger partial charge in [-0.3, -0.25) is 9.89 Å². The first-order valence-electron chi connectivity index (χ1n) is 9.18. The van der Waals surface area contributed by atoms with Crippen LogP contribution in [0, 0.1) is 6.92 Å². The lowest BCUT2D eigenvalue weighted by molar-refractivity contribution is 0.0940. The van der Waals surface area contributed by atoms with Crippen LogP contribution in [0.5, 0.6) is 0 Å². The van der Waals surface area contributed by atoms with Crippen molar-refractivity contribution in [2.24, 2.45) is 0 Å². The monoisotopic (exact) mass is 363 g/mol. The van der Waals surface area contributed by atoms with Gasteiger partial charge in [-0.2, -0.15) is 15.3 Å². The average molecular weight is 363 g/mol. The number of aryl methyl sites for hydroxylation is 1. The van der Waals surface area contributed by atoms with E-state index in [0.717, 1.165) is 28.3 Å². The minimum atomic E-state index is -0.0949. The Morgan fingerprint density at radius 3 is 2.37 bits per heavy atom. The van der Waals surface area contributed by atoms with Crippen molar-refractivity contribution in [3.63, 3.8) is 0 Å². The lowest BCUT2D eigenvalue weighted by Crippen LogP contribution is -2.34. The van der Waals surface area contributed by atoms with E-state index in [1.54, 1.807) is 0 Å². The predicted octanol–water partition coefficient (Wildman–Crippen LogP) is 3.66. The van der Waals surface area contributed by atoms with Gasteiger partial charge in [-0.15, -0.1) is 0 Å². The molecule has 140 valence electrons. The topological polar surface area (TPSA) is 83.6 Å². The number of nitrogens with zero attached hydrogens (tertiary/aromatic N) is 3. The first-order valence-corrected chi connectivity index (χ1v) is 9.18. The summed E-state index contributed by atoms with van der Waals surface area (Å²) in [6, 6.07) is 13.4. The maximum absolute atomic E-state index is 12.5. The second-order valence-corrected chi connectivity index (χ2v) is 7.20. The van der Waals surface area contributed by atoms with Crippen molar-refractivity contribution in [3.05, 3.63) is 65.1 Å². The van der Waals surface area contributed by atoms with E-state index in [9.17, 15) is 4.79 Å². The summed E-state index contributed by atoms with van der Waals surface area (Å²) in [6.07, 6.45) is 0.686. The van der Waals surface area contributed by atoms with Crippen LogP contribution in [0.4, 0.5) is 0 Å². The Balaban J connectivity index is 1.62. The smallest absolute Gasteiger partial charge is 0.251 e. The molecule has 2 N–H and O–H groups in total. The van der Waals surface area contributed by atoms with Gasteiger partial charge in [0, 0.05) is 29.3 Å². The van der Waals surface area contributed by atoms with Crippen LogP contribution in [0.1, 0.15) is 54.1 Å². The molecule has 0 bridgehead atoms. The normalized spacial score (nSPS) is 12.2. The molecule has 0 aliphatic heterocycles. The predicted molar refractivity (Wildman–Crippen MR) is 106 cm³/mol. The van der Waals surface area contributed by atoms with E-state index in [1.807, 2.05) is 56.3 Å². The SMILES string of the molecule is Cc1cc(C[C@@H](C)NC(=O)c2ccc(-c3ccc(C(C)C)nn3)cc2)n[nH]1. The Morgan fingerprint density at radius 2 is 1.81 bits per heavy atom. The number of amides is 1. The molecule has 1 amide bonds. The standard InChI is InChI=1S/C21H25N5O/c1-13(2)19-9-10-20(26-25-19)16-5-7-17(8-6-16)21(27)22-14(3)11-18-12-15(4)23-24-18/h5-10,12-14H,11H2,1-4H3,(H,22,27)(H,23,24)/t14-/m1/s1. The van der Waals surface area contributed by atoms with Crippen LogP contribution in [0.15, 0.2) is 42.5 Å². The molecule has 0 fully saturated rings.